The molecule has 2 saturated carbocycles. The quantitative estimate of drug-likeness (QED) is 0.603. The lowest BCUT2D eigenvalue weighted by atomic mass is 9.69. The largest absolute Gasteiger partial charge is 0.459 e. The minimum atomic E-state index is -0.220. The molecule has 2 nitrogen and oxygen atoms in total. The average Bonchev–Trinajstić information content (AvgIpc) is 2.51. The highest BCUT2D eigenvalue weighted by molar-refractivity contribution is 5.66. The summed E-state index contributed by atoms with van der Waals surface area (Å²) in [4.78, 5) is 11.1. The molecule has 4 unspecified atom stereocenters. The summed E-state index contributed by atoms with van der Waals surface area (Å²) < 4.78 is 5.61. The van der Waals surface area contributed by atoms with Crippen LogP contribution in [0.4, 0.5) is 0 Å². The van der Waals surface area contributed by atoms with Crippen LogP contribution in [0.25, 0.3) is 0 Å². The van der Waals surface area contributed by atoms with Gasteiger partial charge in [-0.3, -0.25) is 4.79 Å². The van der Waals surface area contributed by atoms with Crippen molar-refractivity contribution in [1.82, 2.24) is 0 Å². The smallest absolute Gasteiger partial charge is 0.303 e. The summed E-state index contributed by atoms with van der Waals surface area (Å²) in [5, 5.41) is 0. The molecule has 2 rings (SSSR count). The number of carbonyl (C=O) groups is 1. The van der Waals surface area contributed by atoms with Gasteiger partial charge in [0.25, 0.3) is 0 Å². The molecular weight excluding hydrogens is 176 g/mol. The Kier molecular flexibility index (Phi) is 1.96. The summed E-state index contributed by atoms with van der Waals surface area (Å²) in [6.45, 7) is 8.16. The summed E-state index contributed by atoms with van der Waals surface area (Å²) in [7, 11) is 0. The van der Waals surface area contributed by atoms with E-state index in [2.05, 4.69) is 20.8 Å². The SMILES string of the molecule is CC(=O)OC1(C)C(C)C2CCC1(C)C2. The van der Waals surface area contributed by atoms with Gasteiger partial charge in [-0.25, -0.2) is 0 Å². The molecule has 2 bridgehead atoms. The van der Waals surface area contributed by atoms with Gasteiger partial charge >= 0.3 is 5.97 Å². The first-order valence-corrected chi connectivity index (χ1v) is 5.59. The van der Waals surface area contributed by atoms with Gasteiger partial charge in [-0.1, -0.05) is 13.8 Å². The Morgan fingerprint density at radius 2 is 2.07 bits per heavy atom. The Morgan fingerprint density at radius 3 is 2.50 bits per heavy atom. The van der Waals surface area contributed by atoms with Crippen LogP contribution in [0.2, 0.25) is 0 Å². The van der Waals surface area contributed by atoms with Gasteiger partial charge in [0.2, 0.25) is 0 Å². The van der Waals surface area contributed by atoms with E-state index < -0.39 is 0 Å². The van der Waals surface area contributed by atoms with E-state index in [4.69, 9.17) is 4.74 Å². The number of hydrogen-bond acceptors (Lipinski definition) is 2. The monoisotopic (exact) mass is 196 g/mol. The molecule has 14 heavy (non-hydrogen) atoms. The molecule has 0 saturated heterocycles. The predicted octanol–water partition coefficient (Wildman–Crippen LogP) is 2.76. The van der Waals surface area contributed by atoms with Gasteiger partial charge in [-0.2, -0.15) is 0 Å². The number of esters is 1. The topological polar surface area (TPSA) is 26.3 Å². The molecule has 0 aromatic rings. The molecule has 0 radical (unpaired) electrons. The second-order valence-corrected chi connectivity index (χ2v) is 5.55. The first-order valence-electron chi connectivity index (χ1n) is 5.59. The van der Waals surface area contributed by atoms with E-state index in [1.165, 1.54) is 26.2 Å². The fourth-order valence-electron chi connectivity index (χ4n) is 3.68. The number of carbonyl (C=O) groups excluding carboxylic acids is 1. The number of fused-ring (bicyclic) bond motifs is 2. The third kappa shape index (κ3) is 1.06. The third-order valence-electron chi connectivity index (χ3n) is 4.91. The minimum Gasteiger partial charge on any atom is -0.459 e. The molecule has 2 fully saturated rings. The van der Waals surface area contributed by atoms with Crippen molar-refractivity contribution in [3.63, 3.8) is 0 Å². The average molecular weight is 196 g/mol. The van der Waals surface area contributed by atoms with Crippen molar-refractivity contribution in [3.05, 3.63) is 0 Å². The lowest BCUT2D eigenvalue weighted by Gasteiger charge is -2.44. The Hall–Kier alpha value is -0.530. The molecular formula is C12H20O2. The zero-order valence-corrected chi connectivity index (χ0v) is 9.59. The zero-order chi connectivity index (χ0) is 10.6. The maximum absolute atomic E-state index is 11.1. The highest BCUT2D eigenvalue weighted by atomic mass is 16.6. The summed E-state index contributed by atoms with van der Waals surface area (Å²) >= 11 is 0. The Bertz CT molecular complexity index is 273. The lowest BCUT2D eigenvalue weighted by molar-refractivity contribution is -0.176. The van der Waals surface area contributed by atoms with E-state index in [0.29, 0.717) is 5.92 Å². The highest BCUT2D eigenvalue weighted by Gasteiger charge is 2.62. The van der Waals surface area contributed by atoms with Crippen LogP contribution in [0.5, 0.6) is 0 Å². The maximum Gasteiger partial charge on any atom is 0.303 e. The van der Waals surface area contributed by atoms with Gasteiger partial charge in [0.05, 0.1) is 0 Å². The van der Waals surface area contributed by atoms with Crippen LogP contribution in [0, 0.1) is 17.3 Å². The Labute approximate surface area is 86.0 Å². The number of hydrogen-bond donors (Lipinski definition) is 0. The van der Waals surface area contributed by atoms with Crippen molar-refractivity contribution in [2.75, 3.05) is 0 Å². The normalized spacial score (nSPS) is 50.9. The fraction of sp³-hybridized carbons (Fsp3) is 0.917. The van der Waals surface area contributed by atoms with Gasteiger partial charge in [0.1, 0.15) is 5.60 Å². The highest BCUT2D eigenvalue weighted by Crippen LogP contribution is 2.63. The Morgan fingerprint density at radius 1 is 1.43 bits per heavy atom. The zero-order valence-electron chi connectivity index (χ0n) is 9.59. The van der Waals surface area contributed by atoms with Gasteiger partial charge in [-0.15, -0.1) is 0 Å². The van der Waals surface area contributed by atoms with Crippen molar-refractivity contribution in [2.24, 2.45) is 17.3 Å². The van der Waals surface area contributed by atoms with Crippen molar-refractivity contribution in [2.45, 2.75) is 52.6 Å². The van der Waals surface area contributed by atoms with E-state index in [9.17, 15) is 4.79 Å². The summed E-state index contributed by atoms with van der Waals surface area (Å²) in [6, 6.07) is 0. The van der Waals surface area contributed by atoms with Crippen LogP contribution in [0.15, 0.2) is 0 Å². The molecule has 0 aromatic carbocycles. The van der Waals surface area contributed by atoms with Gasteiger partial charge < -0.3 is 4.74 Å². The van der Waals surface area contributed by atoms with Crippen molar-refractivity contribution in [3.8, 4) is 0 Å². The number of ether oxygens (including phenoxy) is 1. The lowest BCUT2D eigenvalue weighted by Crippen LogP contribution is -2.48. The minimum absolute atomic E-state index is 0.131. The molecule has 2 aliphatic rings. The molecule has 4 atom stereocenters. The van der Waals surface area contributed by atoms with E-state index in [1.807, 2.05) is 0 Å². The van der Waals surface area contributed by atoms with Gasteiger partial charge in [0.15, 0.2) is 0 Å². The maximum atomic E-state index is 11.1. The van der Waals surface area contributed by atoms with Crippen molar-refractivity contribution < 1.29 is 9.53 Å². The van der Waals surface area contributed by atoms with Crippen LogP contribution >= 0.6 is 0 Å². The fourth-order valence-corrected chi connectivity index (χ4v) is 3.68. The van der Waals surface area contributed by atoms with Crippen LogP contribution in [0.1, 0.15) is 47.0 Å². The van der Waals surface area contributed by atoms with Crippen LogP contribution in [-0.2, 0) is 9.53 Å². The molecule has 0 heterocycles. The first kappa shape index (κ1) is 10.0. The summed E-state index contributed by atoms with van der Waals surface area (Å²) in [6.07, 6.45) is 3.76. The van der Waals surface area contributed by atoms with E-state index in [1.54, 1.807) is 0 Å². The molecule has 2 aliphatic carbocycles. The van der Waals surface area contributed by atoms with Crippen LogP contribution in [-0.4, -0.2) is 11.6 Å². The molecule has 0 spiro atoms. The molecule has 0 amide bonds. The molecule has 2 heteroatoms. The van der Waals surface area contributed by atoms with E-state index in [-0.39, 0.29) is 17.0 Å². The second kappa shape index (κ2) is 2.74. The second-order valence-electron chi connectivity index (χ2n) is 5.55. The third-order valence-corrected chi connectivity index (χ3v) is 4.91. The van der Waals surface area contributed by atoms with Crippen LogP contribution in [0.3, 0.4) is 0 Å². The van der Waals surface area contributed by atoms with Crippen molar-refractivity contribution in [1.29, 1.82) is 0 Å². The molecule has 80 valence electrons. The van der Waals surface area contributed by atoms with Crippen molar-refractivity contribution >= 4 is 5.97 Å². The van der Waals surface area contributed by atoms with Gasteiger partial charge in [0, 0.05) is 12.3 Å². The number of rotatable bonds is 1. The van der Waals surface area contributed by atoms with E-state index in [0.717, 1.165) is 5.92 Å². The predicted molar refractivity (Wildman–Crippen MR) is 54.8 cm³/mol. The van der Waals surface area contributed by atoms with Gasteiger partial charge in [-0.05, 0) is 38.0 Å². The molecule has 0 aromatic heterocycles. The molecule has 0 N–H and O–H groups in total. The molecule has 0 aliphatic heterocycles. The summed E-state index contributed by atoms with van der Waals surface area (Å²) in [5.41, 5.74) is 0.00447. The Balaban J connectivity index is 2.29. The first-order chi connectivity index (χ1) is 6.39. The van der Waals surface area contributed by atoms with Crippen LogP contribution < -0.4 is 0 Å². The van der Waals surface area contributed by atoms with E-state index >= 15 is 0 Å². The summed E-state index contributed by atoms with van der Waals surface area (Å²) in [5.74, 6) is 1.16. The standard InChI is InChI=1S/C12H20O2/c1-8-10-5-6-11(3,7-10)12(8,4)14-9(2)13/h8,10H,5-7H2,1-4H3.